The van der Waals surface area contributed by atoms with Crippen molar-refractivity contribution in [3.8, 4) is 5.75 Å². The molecule has 1 aliphatic heterocycles. The molecule has 2 amide bonds. The summed E-state index contributed by atoms with van der Waals surface area (Å²) in [7, 11) is 3.41. The van der Waals surface area contributed by atoms with Crippen LogP contribution in [-0.2, 0) is 13.6 Å². The molecule has 1 aromatic heterocycles. The van der Waals surface area contributed by atoms with Crippen molar-refractivity contribution < 1.29 is 13.9 Å². The Morgan fingerprint density at radius 2 is 2.00 bits per heavy atom. The maximum Gasteiger partial charge on any atom is 0.317 e. The van der Waals surface area contributed by atoms with Gasteiger partial charge in [0.25, 0.3) is 0 Å². The van der Waals surface area contributed by atoms with E-state index in [-0.39, 0.29) is 17.6 Å². The Hall–Kier alpha value is -2.70. The van der Waals surface area contributed by atoms with Gasteiger partial charge in [0.15, 0.2) is 11.6 Å². The summed E-state index contributed by atoms with van der Waals surface area (Å²) in [6.07, 6.45) is 1.96. The molecule has 7 heteroatoms. The van der Waals surface area contributed by atoms with Crippen molar-refractivity contribution in [1.29, 1.82) is 0 Å². The van der Waals surface area contributed by atoms with Gasteiger partial charge in [-0.05, 0) is 24.3 Å². The first-order valence-corrected chi connectivity index (χ1v) is 8.30. The summed E-state index contributed by atoms with van der Waals surface area (Å²) in [5.41, 5.74) is 1.97. The maximum absolute atomic E-state index is 13.5. The van der Waals surface area contributed by atoms with Crippen molar-refractivity contribution >= 4 is 11.7 Å². The number of halogens is 1. The van der Waals surface area contributed by atoms with Crippen molar-refractivity contribution in [3.05, 3.63) is 48.0 Å². The Bertz CT molecular complexity index is 738. The molecular formula is C18H23FN4O2. The average Bonchev–Trinajstić information content (AvgIpc) is 3.05. The zero-order valence-electron chi connectivity index (χ0n) is 14.5. The minimum atomic E-state index is -0.370. The van der Waals surface area contributed by atoms with E-state index in [2.05, 4.69) is 10.2 Å². The smallest absolute Gasteiger partial charge is 0.317 e. The highest BCUT2D eigenvalue weighted by atomic mass is 19.1. The zero-order valence-corrected chi connectivity index (χ0v) is 14.5. The molecule has 134 valence electrons. The fourth-order valence-electron chi connectivity index (χ4n) is 2.97. The number of hydrogen-bond acceptors (Lipinski definition) is 3. The predicted molar refractivity (Wildman–Crippen MR) is 94.4 cm³/mol. The Labute approximate surface area is 146 Å². The number of urea groups is 1. The summed E-state index contributed by atoms with van der Waals surface area (Å²) in [6.45, 7) is 3.16. The number of piperazine rings is 1. The minimum Gasteiger partial charge on any atom is -0.494 e. The lowest BCUT2D eigenvalue weighted by atomic mass is 10.2. The number of anilines is 1. The van der Waals surface area contributed by atoms with Gasteiger partial charge in [0, 0.05) is 56.9 Å². The molecule has 25 heavy (non-hydrogen) atoms. The molecule has 1 saturated heterocycles. The highest BCUT2D eigenvalue weighted by molar-refractivity contribution is 5.74. The number of hydrogen-bond donors (Lipinski definition) is 1. The monoisotopic (exact) mass is 346 g/mol. The van der Waals surface area contributed by atoms with Crippen molar-refractivity contribution in [3.63, 3.8) is 0 Å². The zero-order chi connectivity index (χ0) is 17.8. The van der Waals surface area contributed by atoms with Gasteiger partial charge >= 0.3 is 6.03 Å². The van der Waals surface area contributed by atoms with E-state index in [4.69, 9.17) is 4.74 Å². The van der Waals surface area contributed by atoms with Crippen LogP contribution in [0.2, 0.25) is 0 Å². The number of aromatic nitrogens is 1. The highest BCUT2D eigenvalue weighted by Gasteiger charge is 2.22. The number of nitrogens with one attached hydrogen (secondary N) is 1. The van der Waals surface area contributed by atoms with Gasteiger partial charge in [-0.25, -0.2) is 9.18 Å². The van der Waals surface area contributed by atoms with Gasteiger partial charge in [0.1, 0.15) is 0 Å². The lowest BCUT2D eigenvalue weighted by Gasteiger charge is -2.36. The molecule has 6 nitrogen and oxygen atoms in total. The van der Waals surface area contributed by atoms with Gasteiger partial charge in [-0.15, -0.1) is 0 Å². The van der Waals surface area contributed by atoms with E-state index in [1.54, 1.807) is 17.0 Å². The number of ether oxygens (including phenoxy) is 1. The van der Waals surface area contributed by atoms with Crippen molar-refractivity contribution in [2.75, 3.05) is 38.2 Å². The Morgan fingerprint density at radius 3 is 2.64 bits per heavy atom. The molecule has 1 aliphatic rings. The third-order valence-corrected chi connectivity index (χ3v) is 4.54. The topological polar surface area (TPSA) is 49.7 Å². The van der Waals surface area contributed by atoms with E-state index >= 15 is 0 Å². The second-order valence-corrected chi connectivity index (χ2v) is 6.06. The van der Waals surface area contributed by atoms with Crippen LogP contribution in [0.1, 0.15) is 5.69 Å². The van der Waals surface area contributed by atoms with Crippen LogP contribution in [-0.4, -0.2) is 48.8 Å². The van der Waals surface area contributed by atoms with Gasteiger partial charge in [-0.2, -0.15) is 0 Å². The van der Waals surface area contributed by atoms with Crippen molar-refractivity contribution in [1.82, 2.24) is 14.8 Å². The number of carbonyl (C=O) groups excluding carboxylic acids is 1. The standard InChI is InChI=1S/C18H23FN4O2/c1-21-7-3-4-15(21)13-20-18(24)23-10-8-22(9-11-23)14-5-6-16(19)17(12-14)25-2/h3-7,12H,8-11,13H2,1-2H3,(H,20,24). The summed E-state index contributed by atoms with van der Waals surface area (Å²) in [6, 6.07) is 8.73. The SMILES string of the molecule is COc1cc(N2CCN(C(=O)NCc3cccn3C)CC2)ccc1F. The summed E-state index contributed by atoms with van der Waals surface area (Å²) in [5, 5.41) is 2.95. The second-order valence-electron chi connectivity index (χ2n) is 6.06. The summed E-state index contributed by atoms with van der Waals surface area (Å²) >= 11 is 0. The number of aryl methyl sites for hydroxylation is 1. The van der Waals surface area contributed by atoms with Crippen LogP contribution in [0.15, 0.2) is 36.5 Å². The minimum absolute atomic E-state index is 0.0578. The second kappa shape index (κ2) is 7.46. The summed E-state index contributed by atoms with van der Waals surface area (Å²) < 4.78 is 20.5. The number of carbonyl (C=O) groups is 1. The van der Waals surface area contributed by atoms with Gasteiger partial charge in [-0.1, -0.05) is 0 Å². The molecule has 0 bridgehead atoms. The van der Waals surface area contributed by atoms with E-state index in [1.807, 2.05) is 29.9 Å². The Kier molecular flexibility index (Phi) is 5.11. The van der Waals surface area contributed by atoms with E-state index in [0.29, 0.717) is 32.7 Å². The van der Waals surface area contributed by atoms with Crippen molar-refractivity contribution in [2.24, 2.45) is 7.05 Å². The maximum atomic E-state index is 13.5. The molecular weight excluding hydrogens is 323 g/mol. The first-order valence-electron chi connectivity index (χ1n) is 8.30. The summed E-state index contributed by atoms with van der Waals surface area (Å²) in [4.78, 5) is 16.2. The molecule has 1 aromatic carbocycles. The molecule has 3 rings (SSSR count). The molecule has 1 N–H and O–H groups in total. The van der Waals surface area contributed by atoms with Gasteiger partial charge in [-0.3, -0.25) is 0 Å². The lowest BCUT2D eigenvalue weighted by molar-refractivity contribution is 0.193. The molecule has 0 radical (unpaired) electrons. The van der Waals surface area contributed by atoms with E-state index in [9.17, 15) is 9.18 Å². The first kappa shape index (κ1) is 17.1. The quantitative estimate of drug-likeness (QED) is 0.923. The Morgan fingerprint density at radius 1 is 1.24 bits per heavy atom. The van der Waals surface area contributed by atoms with Crippen LogP contribution < -0.4 is 15.0 Å². The molecule has 2 heterocycles. The number of amides is 2. The Balaban J connectivity index is 1.53. The third kappa shape index (κ3) is 3.87. The van der Waals surface area contributed by atoms with Crippen molar-refractivity contribution in [2.45, 2.75) is 6.54 Å². The number of nitrogens with zero attached hydrogens (tertiary/aromatic N) is 3. The number of benzene rings is 1. The highest BCUT2D eigenvalue weighted by Crippen LogP contribution is 2.25. The first-order chi connectivity index (χ1) is 12.1. The number of methoxy groups -OCH3 is 1. The van der Waals surface area contributed by atoms with Crippen LogP contribution in [0, 0.1) is 5.82 Å². The molecule has 0 saturated carbocycles. The normalized spacial score (nSPS) is 14.5. The van der Waals surface area contributed by atoms with Gasteiger partial charge in [0.05, 0.1) is 13.7 Å². The fourth-order valence-corrected chi connectivity index (χ4v) is 2.97. The van der Waals surface area contributed by atoms with Crippen LogP contribution >= 0.6 is 0 Å². The van der Waals surface area contributed by atoms with Gasteiger partial charge in [0.2, 0.25) is 0 Å². The summed E-state index contributed by atoms with van der Waals surface area (Å²) in [5.74, 6) is -0.134. The van der Waals surface area contributed by atoms with Crippen LogP contribution in [0.5, 0.6) is 5.75 Å². The average molecular weight is 346 g/mol. The molecule has 2 aromatic rings. The van der Waals surface area contributed by atoms with E-state index in [1.165, 1.54) is 13.2 Å². The van der Waals surface area contributed by atoms with E-state index < -0.39 is 0 Å². The fraction of sp³-hybridized carbons (Fsp3) is 0.389. The van der Waals surface area contributed by atoms with Crippen LogP contribution in [0.3, 0.4) is 0 Å². The van der Waals surface area contributed by atoms with Crippen LogP contribution in [0.4, 0.5) is 14.9 Å². The largest absolute Gasteiger partial charge is 0.494 e. The third-order valence-electron chi connectivity index (χ3n) is 4.54. The van der Waals surface area contributed by atoms with Crippen LogP contribution in [0.25, 0.3) is 0 Å². The molecule has 0 atom stereocenters. The van der Waals surface area contributed by atoms with Gasteiger partial charge < -0.3 is 24.4 Å². The number of rotatable bonds is 4. The lowest BCUT2D eigenvalue weighted by Crippen LogP contribution is -2.51. The van der Waals surface area contributed by atoms with E-state index in [0.717, 1.165) is 11.4 Å². The molecule has 0 unspecified atom stereocenters. The predicted octanol–water partition coefficient (Wildman–Crippen LogP) is 2.20. The molecule has 1 fully saturated rings. The molecule has 0 aliphatic carbocycles. The molecule has 0 spiro atoms.